The molecule has 2 rings (SSSR count). The number of nitrogens with one attached hydrogen (secondary N) is 1. The minimum atomic E-state index is -0.643. The molecule has 0 spiro atoms. The molecule has 1 atom stereocenters. The van der Waals surface area contributed by atoms with E-state index in [9.17, 15) is 9.18 Å². The standard InChI is InChI=1S/C14H16Cl2FNO/c1-2-3-14(4-5-18-8-14)13(19)9-6-10(15)12(16)11(17)7-9/h6-7,18H,2-5,8H2,1H3. The number of Topliss-reactive ketones (excluding diaryl/α,β-unsaturated/α-hetero) is 1. The number of benzene rings is 1. The van der Waals surface area contributed by atoms with Crippen molar-refractivity contribution in [1.29, 1.82) is 0 Å². The first-order chi connectivity index (χ1) is 9.00. The molecular formula is C14H16Cl2FNO. The van der Waals surface area contributed by atoms with E-state index in [1.54, 1.807) is 0 Å². The second-order valence-corrected chi connectivity index (χ2v) is 5.83. The van der Waals surface area contributed by atoms with Gasteiger partial charge in [-0.25, -0.2) is 4.39 Å². The lowest BCUT2D eigenvalue weighted by Crippen LogP contribution is -2.33. The maximum absolute atomic E-state index is 13.6. The van der Waals surface area contributed by atoms with Gasteiger partial charge in [0.25, 0.3) is 0 Å². The van der Waals surface area contributed by atoms with Crippen LogP contribution in [-0.2, 0) is 0 Å². The zero-order chi connectivity index (χ0) is 14.0. The summed E-state index contributed by atoms with van der Waals surface area (Å²) in [5.74, 6) is -0.688. The highest BCUT2D eigenvalue weighted by Gasteiger charge is 2.40. The summed E-state index contributed by atoms with van der Waals surface area (Å²) in [6, 6.07) is 2.65. The van der Waals surface area contributed by atoms with Crippen LogP contribution < -0.4 is 5.32 Å². The lowest BCUT2D eigenvalue weighted by atomic mass is 9.76. The van der Waals surface area contributed by atoms with Gasteiger partial charge in [-0.3, -0.25) is 4.79 Å². The Balaban J connectivity index is 2.37. The van der Waals surface area contributed by atoms with Crippen LogP contribution in [0.15, 0.2) is 12.1 Å². The number of halogens is 3. The largest absolute Gasteiger partial charge is 0.316 e. The lowest BCUT2D eigenvalue weighted by molar-refractivity contribution is 0.0801. The van der Waals surface area contributed by atoms with Gasteiger partial charge in [0, 0.05) is 17.5 Å². The second kappa shape index (κ2) is 5.78. The number of hydrogen-bond acceptors (Lipinski definition) is 2. The van der Waals surface area contributed by atoms with Crippen LogP contribution in [0.3, 0.4) is 0 Å². The molecule has 0 saturated carbocycles. The number of carbonyl (C=O) groups excluding carboxylic acids is 1. The highest BCUT2D eigenvalue weighted by Crippen LogP contribution is 2.36. The number of rotatable bonds is 4. The van der Waals surface area contributed by atoms with Crippen LogP contribution >= 0.6 is 23.2 Å². The van der Waals surface area contributed by atoms with Gasteiger partial charge >= 0.3 is 0 Å². The SMILES string of the molecule is CCCC1(C(=O)c2cc(F)c(Cl)c(Cl)c2)CCNC1. The molecule has 5 heteroatoms. The normalized spacial score (nSPS) is 22.7. The van der Waals surface area contributed by atoms with E-state index in [1.165, 1.54) is 12.1 Å². The van der Waals surface area contributed by atoms with E-state index >= 15 is 0 Å². The molecule has 0 amide bonds. The first-order valence-electron chi connectivity index (χ1n) is 6.40. The van der Waals surface area contributed by atoms with Crippen LogP contribution in [0.1, 0.15) is 36.5 Å². The summed E-state index contributed by atoms with van der Waals surface area (Å²) in [6.07, 6.45) is 2.49. The third-order valence-corrected chi connectivity index (χ3v) is 4.48. The maximum Gasteiger partial charge on any atom is 0.170 e. The van der Waals surface area contributed by atoms with Gasteiger partial charge in [0.1, 0.15) is 5.82 Å². The van der Waals surface area contributed by atoms with Crippen LogP contribution in [0.4, 0.5) is 4.39 Å². The fraction of sp³-hybridized carbons (Fsp3) is 0.500. The van der Waals surface area contributed by atoms with Gasteiger partial charge in [-0.05, 0) is 31.5 Å². The van der Waals surface area contributed by atoms with Crippen LogP contribution in [0.2, 0.25) is 10.0 Å². The molecule has 0 aromatic heterocycles. The molecule has 1 aliphatic heterocycles. The summed E-state index contributed by atoms with van der Waals surface area (Å²) in [5, 5.41) is 3.17. The Bertz CT molecular complexity index is 475. The van der Waals surface area contributed by atoms with Crippen molar-refractivity contribution < 1.29 is 9.18 Å². The molecule has 1 aliphatic rings. The Morgan fingerprint density at radius 3 is 2.74 bits per heavy atom. The third-order valence-electron chi connectivity index (χ3n) is 3.70. The van der Waals surface area contributed by atoms with E-state index in [-0.39, 0.29) is 15.8 Å². The van der Waals surface area contributed by atoms with E-state index < -0.39 is 11.2 Å². The molecule has 1 heterocycles. The molecule has 19 heavy (non-hydrogen) atoms. The Kier molecular flexibility index (Phi) is 4.49. The number of ketones is 1. The van der Waals surface area contributed by atoms with Crippen molar-refractivity contribution in [2.75, 3.05) is 13.1 Å². The summed E-state index contributed by atoms with van der Waals surface area (Å²) < 4.78 is 13.6. The Hall–Kier alpha value is -0.640. The van der Waals surface area contributed by atoms with Gasteiger partial charge in [0.2, 0.25) is 0 Å². The minimum absolute atomic E-state index is 0.0446. The van der Waals surface area contributed by atoms with Crippen LogP contribution in [0.5, 0.6) is 0 Å². The summed E-state index contributed by atoms with van der Waals surface area (Å²) >= 11 is 11.5. The molecule has 1 aromatic carbocycles. The Labute approximate surface area is 122 Å². The molecule has 1 N–H and O–H groups in total. The highest BCUT2D eigenvalue weighted by atomic mass is 35.5. The van der Waals surface area contributed by atoms with Gasteiger partial charge in [0.15, 0.2) is 5.78 Å². The van der Waals surface area contributed by atoms with Gasteiger partial charge in [-0.1, -0.05) is 36.5 Å². The molecule has 2 nitrogen and oxygen atoms in total. The van der Waals surface area contributed by atoms with Crippen molar-refractivity contribution in [3.8, 4) is 0 Å². The minimum Gasteiger partial charge on any atom is -0.316 e. The first kappa shape index (κ1) is 14.8. The predicted octanol–water partition coefficient (Wildman–Crippen LogP) is 4.10. The molecular weight excluding hydrogens is 288 g/mol. The Morgan fingerprint density at radius 1 is 1.47 bits per heavy atom. The molecule has 104 valence electrons. The molecule has 0 radical (unpaired) electrons. The zero-order valence-corrected chi connectivity index (χ0v) is 12.2. The van der Waals surface area contributed by atoms with Gasteiger partial charge in [-0.15, -0.1) is 0 Å². The average Bonchev–Trinajstić information content (AvgIpc) is 2.84. The third kappa shape index (κ3) is 2.78. The van der Waals surface area contributed by atoms with Crippen LogP contribution in [0, 0.1) is 11.2 Å². The highest BCUT2D eigenvalue weighted by molar-refractivity contribution is 6.42. The molecule has 0 bridgehead atoms. The molecule has 1 fully saturated rings. The number of hydrogen-bond donors (Lipinski definition) is 1. The molecule has 1 unspecified atom stereocenters. The van der Waals surface area contributed by atoms with Gasteiger partial charge in [0.05, 0.1) is 10.0 Å². The van der Waals surface area contributed by atoms with E-state index in [2.05, 4.69) is 5.32 Å². The number of carbonyl (C=O) groups is 1. The predicted molar refractivity (Wildman–Crippen MR) is 75.6 cm³/mol. The fourth-order valence-electron chi connectivity index (χ4n) is 2.74. The van der Waals surface area contributed by atoms with Crippen molar-refractivity contribution in [2.45, 2.75) is 26.2 Å². The molecule has 1 aromatic rings. The van der Waals surface area contributed by atoms with E-state index in [0.717, 1.165) is 25.8 Å². The maximum atomic E-state index is 13.6. The molecule has 0 aliphatic carbocycles. The van der Waals surface area contributed by atoms with Crippen molar-refractivity contribution in [3.05, 3.63) is 33.6 Å². The van der Waals surface area contributed by atoms with E-state index in [4.69, 9.17) is 23.2 Å². The fourth-order valence-corrected chi connectivity index (χ4v) is 3.05. The summed E-state index contributed by atoms with van der Waals surface area (Å²) in [4.78, 5) is 12.7. The quantitative estimate of drug-likeness (QED) is 0.670. The van der Waals surface area contributed by atoms with Crippen LogP contribution in [-0.4, -0.2) is 18.9 Å². The topological polar surface area (TPSA) is 29.1 Å². The summed E-state index contributed by atoms with van der Waals surface area (Å²) in [5.41, 5.74) is -0.123. The van der Waals surface area contributed by atoms with E-state index in [0.29, 0.717) is 12.1 Å². The first-order valence-corrected chi connectivity index (χ1v) is 7.16. The van der Waals surface area contributed by atoms with E-state index in [1.807, 2.05) is 6.92 Å². The van der Waals surface area contributed by atoms with Crippen molar-refractivity contribution >= 4 is 29.0 Å². The summed E-state index contributed by atoms with van der Waals surface area (Å²) in [7, 11) is 0. The van der Waals surface area contributed by atoms with Gasteiger partial charge < -0.3 is 5.32 Å². The monoisotopic (exact) mass is 303 g/mol. The summed E-state index contributed by atoms with van der Waals surface area (Å²) in [6.45, 7) is 3.50. The van der Waals surface area contributed by atoms with Crippen LogP contribution in [0.25, 0.3) is 0 Å². The second-order valence-electron chi connectivity index (χ2n) is 5.04. The smallest absolute Gasteiger partial charge is 0.170 e. The average molecular weight is 304 g/mol. The van der Waals surface area contributed by atoms with Gasteiger partial charge in [-0.2, -0.15) is 0 Å². The molecule has 1 saturated heterocycles. The van der Waals surface area contributed by atoms with Crippen molar-refractivity contribution in [3.63, 3.8) is 0 Å². The van der Waals surface area contributed by atoms with Crippen molar-refractivity contribution in [1.82, 2.24) is 5.32 Å². The van der Waals surface area contributed by atoms with Crippen molar-refractivity contribution in [2.24, 2.45) is 5.41 Å². The lowest BCUT2D eigenvalue weighted by Gasteiger charge is -2.26. The Morgan fingerprint density at radius 2 is 2.21 bits per heavy atom. The zero-order valence-electron chi connectivity index (χ0n) is 10.7.